The van der Waals surface area contributed by atoms with Crippen LogP contribution >= 0.6 is 0 Å². The second kappa shape index (κ2) is 4.04. The summed E-state index contributed by atoms with van der Waals surface area (Å²) in [7, 11) is 0. The van der Waals surface area contributed by atoms with Crippen LogP contribution in [0.1, 0.15) is 30.1 Å². The van der Waals surface area contributed by atoms with E-state index in [-0.39, 0.29) is 11.7 Å². The number of amides is 1. The summed E-state index contributed by atoms with van der Waals surface area (Å²) in [5, 5.41) is 9.37. The van der Waals surface area contributed by atoms with Gasteiger partial charge in [-0.25, -0.2) is 0 Å². The van der Waals surface area contributed by atoms with Gasteiger partial charge in [-0.05, 0) is 38.0 Å². The van der Waals surface area contributed by atoms with E-state index in [1.165, 1.54) is 12.1 Å². The number of nitrogens with two attached hydrogens (primary N) is 1. The Kier molecular flexibility index (Phi) is 2.73. The molecule has 16 heavy (non-hydrogen) atoms. The highest BCUT2D eigenvalue weighted by Crippen LogP contribution is 2.29. The summed E-state index contributed by atoms with van der Waals surface area (Å²) in [6.07, 6.45) is 2.14. The standard InChI is InChI=1S/C12H16N2O2/c1-2-14(8-3-4-8)12(16)10-7-9(15)5-6-11(10)13/h5-8,15H,2-4,13H2,1H3. The molecule has 0 aliphatic heterocycles. The van der Waals surface area contributed by atoms with Gasteiger partial charge in [0.1, 0.15) is 5.75 Å². The first kappa shape index (κ1) is 10.8. The summed E-state index contributed by atoms with van der Waals surface area (Å²) >= 11 is 0. The Bertz CT molecular complexity index is 413. The van der Waals surface area contributed by atoms with Crippen LogP contribution < -0.4 is 5.73 Å². The SMILES string of the molecule is CCN(C(=O)c1cc(O)ccc1N)C1CC1. The number of benzene rings is 1. The van der Waals surface area contributed by atoms with Gasteiger partial charge < -0.3 is 15.7 Å². The average molecular weight is 220 g/mol. The Morgan fingerprint density at radius 2 is 2.25 bits per heavy atom. The number of carbonyl (C=O) groups is 1. The zero-order valence-corrected chi connectivity index (χ0v) is 9.31. The van der Waals surface area contributed by atoms with Crippen LogP contribution in [0.3, 0.4) is 0 Å². The van der Waals surface area contributed by atoms with Crippen molar-refractivity contribution in [3.8, 4) is 5.75 Å². The van der Waals surface area contributed by atoms with Gasteiger partial charge in [-0.1, -0.05) is 0 Å². The molecule has 0 bridgehead atoms. The Morgan fingerprint density at radius 3 is 2.81 bits per heavy atom. The van der Waals surface area contributed by atoms with Crippen molar-refractivity contribution in [1.82, 2.24) is 4.90 Å². The Morgan fingerprint density at radius 1 is 1.56 bits per heavy atom. The van der Waals surface area contributed by atoms with Crippen molar-refractivity contribution in [3.63, 3.8) is 0 Å². The van der Waals surface area contributed by atoms with E-state index in [2.05, 4.69) is 0 Å². The van der Waals surface area contributed by atoms with Gasteiger partial charge in [0, 0.05) is 18.3 Å². The topological polar surface area (TPSA) is 66.6 Å². The normalized spacial score (nSPS) is 14.8. The van der Waals surface area contributed by atoms with Gasteiger partial charge in [-0.15, -0.1) is 0 Å². The molecule has 0 radical (unpaired) electrons. The highest BCUT2D eigenvalue weighted by molar-refractivity contribution is 5.99. The average Bonchev–Trinajstić information content (AvgIpc) is 3.07. The molecule has 1 aliphatic carbocycles. The smallest absolute Gasteiger partial charge is 0.256 e. The molecule has 86 valence electrons. The zero-order valence-electron chi connectivity index (χ0n) is 9.31. The summed E-state index contributed by atoms with van der Waals surface area (Å²) < 4.78 is 0. The van der Waals surface area contributed by atoms with Gasteiger partial charge in [-0.2, -0.15) is 0 Å². The first-order valence-corrected chi connectivity index (χ1v) is 5.53. The quantitative estimate of drug-likeness (QED) is 0.600. The largest absolute Gasteiger partial charge is 0.508 e. The van der Waals surface area contributed by atoms with Gasteiger partial charge in [-0.3, -0.25) is 4.79 Å². The van der Waals surface area contributed by atoms with Crippen molar-refractivity contribution in [2.24, 2.45) is 0 Å². The second-order valence-corrected chi connectivity index (χ2v) is 4.09. The van der Waals surface area contributed by atoms with Gasteiger partial charge in [0.25, 0.3) is 5.91 Å². The van der Waals surface area contributed by atoms with Gasteiger partial charge in [0.2, 0.25) is 0 Å². The third-order valence-electron chi connectivity index (χ3n) is 2.86. The number of anilines is 1. The number of carbonyl (C=O) groups excluding carboxylic acids is 1. The fourth-order valence-corrected chi connectivity index (χ4v) is 1.84. The molecule has 0 aromatic heterocycles. The zero-order chi connectivity index (χ0) is 11.7. The van der Waals surface area contributed by atoms with E-state index in [0.29, 0.717) is 23.8 Å². The minimum atomic E-state index is -0.0848. The van der Waals surface area contributed by atoms with Crippen molar-refractivity contribution >= 4 is 11.6 Å². The summed E-state index contributed by atoms with van der Waals surface area (Å²) in [5.41, 5.74) is 6.56. The van der Waals surface area contributed by atoms with Crippen LogP contribution in [0.2, 0.25) is 0 Å². The first-order valence-electron chi connectivity index (χ1n) is 5.53. The minimum Gasteiger partial charge on any atom is -0.508 e. The maximum Gasteiger partial charge on any atom is 0.256 e. The summed E-state index contributed by atoms with van der Waals surface area (Å²) in [5.74, 6) is -0.0113. The molecule has 1 amide bonds. The summed E-state index contributed by atoms with van der Waals surface area (Å²) in [6.45, 7) is 2.63. The molecule has 4 heteroatoms. The first-order chi connectivity index (χ1) is 7.63. The third-order valence-corrected chi connectivity index (χ3v) is 2.86. The van der Waals surface area contributed by atoms with Crippen LogP contribution in [0.15, 0.2) is 18.2 Å². The van der Waals surface area contributed by atoms with Crippen molar-refractivity contribution in [1.29, 1.82) is 0 Å². The fourth-order valence-electron chi connectivity index (χ4n) is 1.84. The number of rotatable bonds is 3. The molecule has 0 heterocycles. The number of nitrogen functional groups attached to an aromatic ring is 1. The van der Waals surface area contributed by atoms with E-state index in [1.807, 2.05) is 11.8 Å². The molecule has 0 spiro atoms. The van der Waals surface area contributed by atoms with Crippen molar-refractivity contribution in [2.75, 3.05) is 12.3 Å². The van der Waals surface area contributed by atoms with E-state index < -0.39 is 0 Å². The van der Waals surface area contributed by atoms with Crippen LogP contribution in [0.25, 0.3) is 0 Å². The maximum absolute atomic E-state index is 12.2. The van der Waals surface area contributed by atoms with E-state index >= 15 is 0 Å². The van der Waals surface area contributed by atoms with Gasteiger partial charge >= 0.3 is 0 Å². The lowest BCUT2D eigenvalue weighted by molar-refractivity contribution is 0.0753. The van der Waals surface area contributed by atoms with Crippen LogP contribution in [0.4, 0.5) is 5.69 Å². The molecular weight excluding hydrogens is 204 g/mol. The summed E-state index contributed by atoms with van der Waals surface area (Å²) in [4.78, 5) is 14.0. The lowest BCUT2D eigenvalue weighted by Crippen LogP contribution is -2.33. The van der Waals surface area contributed by atoms with Gasteiger partial charge in [0.15, 0.2) is 0 Å². The van der Waals surface area contributed by atoms with Crippen LogP contribution in [0.5, 0.6) is 5.75 Å². The molecule has 1 aromatic carbocycles. The molecule has 4 nitrogen and oxygen atoms in total. The number of hydrogen-bond donors (Lipinski definition) is 2. The minimum absolute atomic E-state index is 0.0735. The molecule has 3 N–H and O–H groups in total. The van der Waals surface area contributed by atoms with Crippen molar-refractivity contribution < 1.29 is 9.90 Å². The molecule has 0 saturated heterocycles. The maximum atomic E-state index is 12.2. The van der Waals surface area contributed by atoms with Crippen molar-refractivity contribution in [3.05, 3.63) is 23.8 Å². The van der Waals surface area contributed by atoms with Crippen LogP contribution in [-0.4, -0.2) is 28.5 Å². The van der Waals surface area contributed by atoms with E-state index in [9.17, 15) is 9.90 Å². The summed E-state index contributed by atoms with van der Waals surface area (Å²) in [6, 6.07) is 4.84. The fraction of sp³-hybridized carbons (Fsp3) is 0.417. The van der Waals surface area contributed by atoms with Crippen molar-refractivity contribution in [2.45, 2.75) is 25.8 Å². The lowest BCUT2D eigenvalue weighted by Gasteiger charge is -2.21. The Hall–Kier alpha value is -1.71. The van der Waals surface area contributed by atoms with Gasteiger partial charge in [0.05, 0.1) is 5.56 Å². The molecule has 1 fully saturated rings. The number of nitrogens with zero attached hydrogens (tertiary/aromatic N) is 1. The molecular formula is C12H16N2O2. The predicted octanol–water partition coefficient (Wildman–Crippen LogP) is 1.60. The number of aromatic hydroxyl groups is 1. The predicted molar refractivity (Wildman–Crippen MR) is 62.3 cm³/mol. The number of phenols is 1. The number of hydrogen-bond acceptors (Lipinski definition) is 3. The van der Waals surface area contributed by atoms with E-state index in [1.54, 1.807) is 6.07 Å². The van der Waals surface area contributed by atoms with E-state index in [0.717, 1.165) is 12.8 Å². The Balaban J connectivity index is 2.28. The highest BCUT2D eigenvalue weighted by Gasteiger charge is 2.32. The monoisotopic (exact) mass is 220 g/mol. The Labute approximate surface area is 94.7 Å². The molecule has 1 aromatic rings. The molecule has 2 rings (SSSR count). The third kappa shape index (κ3) is 1.96. The molecule has 0 unspecified atom stereocenters. The lowest BCUT2D eigenvalue weighted by atomic mass is 10.1. The number of phenolic OH excluding ortho intramolecular Hbond substituents is 1. The molecule has 1 aliphatic rings. The second-order valence-electron chi connectivity index (χ2n) is 4.09. The molecule has 1 saturated carbocycles. The highest BCUT2D eigenvalue weighted by atomic mass is 16.3. The van der Waals surface area contributed by atoms with Crippen LogP contribution in [0, 0.1) is 0 Å². The van der Waals surface area contributed by atoms with Crippen LogP contribution in [-0.2, 0) is 0 Å². The molecule has 0 atom stereocenters. The van der Waals surface area contributed by atoms with E-state index in [4.69, 9.17) is 5.73 Å².